The van der Waals surface area contributed by atoms with Gasteiger partial charge in [-0.1, -0.05) is 0 Å². The second-order valence-corrected chi connectivity index (χ2v) is 8.51. The minimum atomic E-state index is -0.268. The molecule has 6 nitrogen and oxygen atoms in total. The minimum absolute atomic E-state index is 0.207. The van der Waals surface area contributed by atoms with Gasteiger partial charge in [0.05, 0.1) is 17.1 Å². The molecule has 0 spiro atoms. The second-order valence-electron chi connectivity index (χ2n) is 8.51. The predicted octanol–water partition coefficient (Wildman–Crippen LogP) is 4.29. The SMILES string of the molecule is CCN1C=CC(Cn2c(-c3ccc(N4CCCC4C)nc3)nc3cc(F)ccc32)N1C. The lowest BCUT2D eigenvalue weighted by Crippen LogP contribution is -2.39. The van der Waals surface area contributed by atoms with E-state index in [1.165, 1.54) is 25.0 Å². The Morgan fingerprint density at radius 1 is 1.19 bits per heavy atom. The number of hydrogen-bond donors (Lipinski definition) is 0. The van der Waals surface area contributed by atoms with Gasteiger partial charge in [-0.15, -0.1) is 0 Å². The quantitative estimate of drug-likeness (QED) is 0.616. The number of fused-ring (bicyclic) bond motifs is 1. The molecule has 0 amide bonds. The molecule has 2 unspecified atom stereocenters. The number of imidazole rings is 1. The summed E-state index contributed by atoms with van der Waals surface area (Å²) in [6.07, 6.45) is 8.65. The highest BCUT2D eigenvalue weighted by Crippen LogP contribution is 2.29. The maximum absolute atomic E-state index is 13.9. The molecule has 0 saturated carbocycles. The van der Waals surface area contributed by atoms with E-state index in [9.17, 15) is 4.39 Å². The molecular formula is C24H29FN6. The van der Waals surface area contributed by atoms with E-state index < -0.39 is 0 Å². The molecule has 7 heteroatoms. The molecule has 4 heterocycles. The van der Waals surface area contributed by atoms with Crippen LogP contribution in [0.2, 0.25) is 0 Å². The maximum Gasteiger partial charge on any atom is 0.142 e. The van der Waals surface area contributed by atoms with Crippen LogP contribution in [0.3, 0.4) is 0 Å². The van der Waals surface area contributed by atoms with Crippen LogP contribution in [-0.4, -0.2) is 56.8 Å². The van der Waals surface area contributed by atoms with Gasteiger partial charge in [-0.25, -0.2) is 19.4 Å². The van der Waals surface area contributed by atoms with Crippen LogP contribution in [-0.2, 0) is 6.54 Å². The van der Waals surface area contributed by atoms with Gasteiger partial charge in [-0.3, -0.25) is 0 Å². The Kier molecular flexibility index (Phi) is 5.14. The number of likely N-dealkylation sites (N-methyl/N-ethyl adjacent to an activating group) is 1. The molecule has 1 saturated heterocycles. The first kappa shape index (κ1) is 20.0. The van der Waals surface area contributed by atoms with Crippen LogP contribution in [0.4, 0.5) is 10.2 Å². The van der Waals surface area contributed by atoms with Crippen molar-refractivity contribution in [1.29, 1.82) is 0 Å². The van der Waals surface area contributed by atoms with Gasteiger partial charge in [0.1, 0.15) is 17.5 Å². The normalized spacial score (nSPS) is 21.7. The summed E-state index contributed by atoms with van der Waals surface area (Å²) in [7, 11) is 2.10. The highest BCUT2D eigenvalue weighted by molar-refractivity contribution is 5.80. The molecule has 5 rings (SSSR count). The highest BCUT2D eigenvalue weighted by atomic mass is 19.1. The lowest BCUT2D eigenvalue weighted by Gasteiger charge is -2.29. The van der Waals surface area contributed by atoms with Crippen LogP contribution in [0.25, 0.3) is 22.4 Å². The number of hydrazine groups is 1. The summed E-state index contributed by atoms with van der Waals surface area (Å²) in [5.74, 6) is 1.57. The summed E-state index contributed by atoms with van der Waals surface area (Å²) in [5.41, 5.74) is 2.55. The summed E-state index contributed by atoms with van der Waals surface area (Å²) in [6, 6.07) is 9.75. The highest BCUT2D eigenvalue weighted by Gasteiger charge is 2.25. The molecule has 1 fully saturated rings. The van der Waals surface area contributed by atoms with E-state index in [4.69, 9.17) is 9.97 Å². The lowest BCUT2D eigenvalue weighted by atomic mass is 10.2. The number of pyridine rings is 1. The number of benzene rings is 1. The molecule has 2 aliphatic rings. The van der Waals surface area contributed by atoms with Gasteiger partial charge < -0.3 is 14.5 Å². The number of rotatable bonds is 5. The van der Waals surface area contributed by atoms with E-state index in [1.807, 2.05) is 12.3 Å². The molecular weight excluding hydrogens is 391 g/mol. The number of hydrogen-bond acceptors (Lipinski definition) is 5. The second kappa shape index (κ2) is 7.96. The molecule has 0 N–H and O–H groups in total. The Hall–Kier alpha value is -2.93. The van der Waals surface area contributed by atoms with Crippen molar-refractivity contribution < 1.29 is 4.39 Å². The van der Waals surface area contributed by atoms with Gasteiger partial charge in [0.25, 0.3) is 0 Å². The summed E-state index contributed by atoms with van der Waals surface area (Å²) in [4.78, 5) is 11.9. The van der Waals surface area contributed by atoms with Crippen LogP contribution in [0, 0.1) is 5.82 Å². The summed E-state index contributed by atoms with van der Waals surface area (Å²) < 4.78 is 16.1. The summed E-state index contributed by atoms with van der Waals surface area (Å²) in [5, 5.41) is 4.42. The minimum Gasteiger partial charge on any atom is -0.354 e. The van der Waals surface area contributed by atoms with Crippen LogP contribution in [0.15, 0.2) is 48.8 Å². The topological polar surface area (TPSA) is 40.4 Å². The third kappa shape index (κ3) is 3.57. The largest absolute Gasteiger partial charge is 0.354 e. The summed E-state index contributed by atoms with van der Waals surface area (Å²) in [6.45, 7) is 7.10. The van der Waals surface area contributed by atoms with Crippen molar-refractivity contribution in [3.63, 3.8) is 0 Å². The zero-order chi connectivity index (χ0) is 21.5. The number of anilines is 1. The van der Waals surface area contributed by atoms with Gasteiger partial charge in [-0.05, 0) is 57.0 Å². The Morgan fingerprint density at radius 2 is 2.06 bits per heavy atom. The van der Waals surface area contributed by atoms with Gasteiger partial charge in [0.15, 0.2) is 0 Å². The smallest absolute Gasteiger partial charge is 0.142 e. The van der Waals surface area contributed by atoms with Gasteiger partial charge in [-0.2, -0.15) is 0 Å². The van der Waals surface area contributed by atoms with Crippen molar-refractivity contribution in [3.8, 4) is 11.4 Å². The Bertz CT molecular complexity index is 1110. The van der Waals surface area contributed by atoms with Gasteiger partial charge >= 0.3 is 0 Å². The standard InChI is InChI=1S/C24H29FN6/c1-4-29-13-11-20(28(29)3)16-31-22-9-8-19(25)14-21(22)27-24(31)18-7-10-23(26-15-18)30-12-5-6-17(30)2/h7-11,13-15,17,20H,4-6,12,16H2,1-3H3. The average molecular weight is 421 g/mol. The first-order valence-corrected chi connectivity index (χ1v) is 11.1. The Morgan fingerprint density at radius 3 is 2.74 bits per heavy atom. The van der Waals surface area contributed by atoms with Gasteiger partial charge in [0.2, 0.25) is 0 Å². The zero-order valence-electron chi connectivity index (χ0n) is 18.4. The maximum atomic E-state index is 13.9. The van der Waals surface area contributed by atoms with E-state index >= 15 is 0 Å². The van der Waals surface area contributed by atoms with Crippen molar-refractivity contribution in [2.75, 3.05) is 25.0 Å². The fourth-order valence-corrected chi connectivity index (χ4v) is 4.78. The molecule has 0 bridgehead atoms. The van der Waals surface area contributed by atoms with E-state index in [0.29, 0.717) is 11.6 Å². The number of aromatic nitrogens is 3. The number of halogens is 1. The fourth-order valence-electron chi connectivity index (χ4n) is 4.78. The molecule has 31 heavy (non-hydrogen) atoms. The third-order valence-electron chi connectivity index (χ3n) is 6.62. The Labute approximate surface area is 182 Å². The van der Waals surface area contributed by atoms with E-state index in [-0.39, 0.29) is 11.9 Å². The third-order valence-corrected chi connectivity index (χ3v) is 6.62. The fraction of sp³-hybridized carbons (Fsp3) is 0.417. The lowest BCUT2D eigenvalue weighted by molar-refractivity contribution is 0.0463. The van der Waals surface area contributed by atoms with Gasteiger partial charge in [0, 0.05) is 56.8 Å². The molecule has 1 aromatic carbocycles. The van der Waals surface area contributed by atoms with Crippen molar-refractivity contribution in [1.82, 2.24) is 24.6 Å². The molecule has 3 aromatic rings. The molecule has 2 aliphatic heterocycles. The molecule has 0 aliphatic carbocycles. The van der Waals surface area contributed by atoms with Crippen LogP contribution < -0.4 is 4.90 Å². The number of nitrogens with zero attached hydrogens (tertiary/aromatic N) is 6. The van der Waals surface area contributed by atoms with Crippen LogP contribution in [0.1, 0.15) is 26.7 Å². The van der Waals surface area contributed by atoms with Crippen LogP contribution in [0.5, 0.6) is 0 Å². The van der Waals surface area contributed by atoms with E-state index in [1.54, 1.807) is 0 Å². The average Bonchev–Trinajstić information content (AvgIpc) is 3.46. The molecule has 162 valence electrons. The molecule has 0 radical (unpaired) electrons. The van der Waals surface area contributed by atoms with E-state index in [2.05, 4.69) is 64.8 Å². The van der Waals surface area contributed by atoms with Crippen molar-refractivity contribution >= 4 is 16.9 Å². The molecule has 2 aromatic heterocycles. The molecule has 2 atom stereocenters. The van der Waals surface area contributed by atoms with E-state index in [0.717, 1.165) is 42.4 Å². The predicted molar refractivity (Wildman–Crippen MR) is 122 cm³/mol. The zero-order valence-corrected chi connectivity index (χ0v) is 18.4. The first-order valence-electron chi connectivity index (χ1n) is 11.1. The van der Waals surface area contributed by atoms with Crippen molar-refractivity contribution in [2.45, 2.75) is 45.3 Å². The van der Waals surface area contributed by atoms with Crippen molar-refractivity contribution in [3.05, 3.63) is 54.6 Å². The monoisotopic (exact) mass is 420 g/mol. The first-order chi connectivity index (χ1) is 15.0. The Balaban J connectivity index is 1.52. The van der Waals surface area contributed by atoms with Crippen molar-refractivity contribution in [2.24, 2.45) is 0 Å². The summed E-state index contributed by atoms with van der Waals surface area (Å²) >= 11 is 0. The van der Waals surface area contributed by atoms with Crippen LogP contribution >= 0.6 is 0 Å².